The van der Waals surface area contributed by atoms with Crippen LogP contribution in [-0.2, 0) is 4.79 Å². The van der Waals surface area contributed by atoms with Crippen LogP contribution >= 0.6 is 15.9 Å². The topological polar surface area (TPSA) is 38.3 Å². The lowest BCUT2D eigenvalue weighted by atomic mass is 10.2. The van der Waals surface area contributed by atoms with Crippen LogP contribution in [-0.4, -0.2) is 18.6 Å². The molecule has 0 fully saturated rings. The Bertz CT molecular complexity index is 379. The van der Waals surface area contributed by atoms with Gasteiger partial charge in [0.05, 0.1) is 4.47 Å². The molecule has 1 amide bonds. The predicted octanol–water partition coefficient (Wildman–Crippen LogP) is 2.66. The van der Waals surface area contributed by atoms with Crippen LogP contribution in [0.25, 0.3) is 0 Å². The number of hydrogen-bond donors (Lipinski definition) is 1. The first-order chi connectivity index (χ1) is 7.54. The van der Waals surface area contributed by atoms with E-state index in [4.69, 9.17) is 4.74 Å². The molecule has 0 bridgehead atoms. The van der Waals surface area contributed by atoms with Gasteiger partial charge in [0, 0.05) is 6.54 Å². The lowest BCUT2D eigenvalue weighted by Crippen LogP contribution is -2.36. The molecule has 1 N–H and O–H groups in total. The first kappa shape index (κ1) is 13.0. The van der Waals surface area contributed by atoms with Crippen molar-refractivity contribution >= 4 is 21.8 Å². The van der Waals surface area contributed by atoms with E-state index in [1.165, 1.54) is 0 Å². The van der Waals surface area contributed by atoms with Crippen LogP contribution in [0.1, 0.15) is 19.4 Å². The average Bonchev–Trinajstić information content (AvgIpc) is 2.22. The highest BCUT2D eigenvalue weighted by Gasteiger charge is 2.14. The van der Waals surface area contributed by atoms with E-state index in [0.29, 0.717) is 12.3 Å². The van der Waals surface area contributed by atoms with Crippen LogP contribution in [0, 0.1) is 6.92 Å². The second-order valence-electron chi connectivity index (χ2n) is 3.59. The Morgan fingerprint density at radius 2 is 2.25 bits per heavy atom. The smallest absolute Gasteiger partial charge is 0.260 e. The van der Waals surface area contributed by atoms with Crippen LogP contribution in [0.15, 0.2) is 22.7 Å². The van der Waals surface area contributed by atoms with Gasteiger partial charge in [0.15, 0.2) is 6.10 Å². The number of hydrogen-bond acceptors (Lipinski definition) is 2. The summed E-state index contributed by atoms with van der Waals surface area (Å²) in [5.41, 5.74) is 1.14. The van der Waals surface area contributed by atoms with Gasteiger partial charge in [0.2, 0.25) is 0 Å². The van der Waals surface area contributed by atoms with Crippen LogP contribution in [0.4, 0.5) is 0 Å². The van der Waals surface area contributed by atoms with Gasteiger partial charge in [0.1, 0.15) is 5.75 Å². The second kappa shape index (κ2) is 5.89. The number of carbonyl (C=O) groups is 1. The van der Waals surface area contributed by atoms with Crippen LogP contribution in [0.3, 0.4) is 0 Å². The van der Waals surface area contributed by atoms with Crippen molar-refractivity contribution in [2.24, 2.45) is 0 Å². The first-order valence-corrected chi connectivity index (χ1v) is 6.04. The summed E-state index contributed by atoms with van der Waals surface area (Å²) in [4.78, 5) is 11.5. The Balaban J connectivity index is 2.69. The normalized spacial score (nSPS) is 12.0. The number of nitrogens with one attached hydrogen (secondary N) is 1. The minimum absolute atomic E-state index is 0.102. The van der Waals surface area contributed by atoms with Crippen molar-refractivity contribution in [2.45, 2.75) is 26.9 Å². The lowest BCUT2D eigenvalue weighted by molar-refractivity contribution is -0.127. The average molecular weight is 286 g/mol. The van der Waals surface area contributed by atoms with Gasteiger partial charge in [-0.1, -0.05) is 6.07 Å². The molecule has 0 saturated heterocycles. The molecule has 3 nitrogen and oxygen atoms in total. The molecule has 1 aromatic rings. The van der Waals surface area contributed by atoms with Gasteiger partial charge in [-0.25, -0.2) is 0 Å². The van der Waals surface area contributed by atoms with Crippen molar-refractivity contribution in [2.75, 3.05) is 6.54 Å². The monoisotopic (exact) mass is 285 g/mol. The minimum atomic E-state index is -0.487. The van der Waals surface area contributed by atoms with Crippen molar-refractivity contribution in [1.82, 2.24) is 5.32 Å². The third kappa shape index (κ3) is 3.52. The highest BCUT2D eigenvalue weighted by atomic mass is 79.9. The third-order valence-electron chi connectivity index (χ3n) is 2.11. The van der Waals surface area contributed by atoms with Gasteiger partial charge in [-0.05, 0) is 54.4 Å². The number of ether oxygens (including phenoxy) is 1. The summed E-state index contributed by atoms with van der Waals surface area (Å²) in [7, 11) is 0. The van der Waals surface area contributed by atoms with Crippen molar-refractivity contribution in [1.29, 1.82) is 0 Å². The summed E-state index contributed by atoms with van der Waals surface area (Å²) in [5, 5.41) is 2.72. The molecular weight excluding hydrogens is 270 g/mol. The maximum Gasteiger partial charge on any atom is 0.260 e. The maximum atomic E-state index is 11.5. The van der Waals surface area contributed by atoms with Crippen molar-refractivity contribution in [3.8, 4) is 5.75 Å². The zero-order valence-corrected chi connectivity index (χ0v) is 11.3. The summed E-state index contributed by atoms with van der Waals surface area (Å²) in [5.74, 6) is 0.583. The van der Waals surface area contributed by atoms with Gasteiger partial charge < -0.3 is 10.1 Å². The predicted molar refractivity (Wildman–Crippen MR) is 67.7 cm³/mol. The second-order valence-corrected chi connectivity index (χ2v) is 4.44. The zero-order chi connectivity index (χ0) is 12.1. The summed E-state index contributed by atoms with van der Waals surface area (Å²) >= 11 is 3.41. The van der Waals surface area contributed by atoms with E-state index in [1.54, 1.807) is 6.92 Å². The van der Waals surface area contributed by atoms with Gasteiger partial charge in [0.25, 0.3) is 5.91 Å². The molecule has 0 spiro atoms. The summed E-state index contributed by atoms with van der Waals surface area (Å²) < 4.78 is 6.42. The molecule has 0 aromatic heterocycles. The molecule has 0 radical (unpaired) electrons. The number of rotatable bonds is 4. The molecule has 1 rings (SSSR count). The highest BCUT2D eigenvalue weighted by molar-refractivity contribution is 9.10. The Labute approximate surface area is 104 Å². The molecule has 1 aromatic carbocycles. The number of benzene rings is 1. The molecule has 16 heavy (non-hydrogen) atoms. The number of aryl methyl sites for hydroxylation is 1. The van der Waals surface area contributed by atoms with E-state index in [9.17, 15) is 4.79 Å². The van der Waals surface area contributed by atoms with E-state index < -0.39 is 6.10 Å². The third-order valence-corrected chi connectivity index (χ3v) is 2.73. The fourth-order valence-electron chi connectivity index (χ4n) is 1.26. The van der Waals surface area contributed by atoms with Crippen LogP contribution in [0.5, 0.6) is 5.75 Å². The quantitative estimate of drug-likeness (QED) is 0.924. The highest BCUT2D eigenvalue weighted by Crippen LogP contribution is 2.26. The summed E-state index contributed by atoms with van der Waals surface area (Å²) in [6.45, 7) is 6.23. The molecule has 0 heterocycles. The van der Waals surface area contributed by atoms with Crippen LogP contribution < -0.4 is 10.1 Å². The van der Waals surface area contributed by atoms with Crippen molar-refractivity contribution in [3.05, 3.63) is 28.2 Å². The van der Waals surface area contributed by atoms with Crippen molar-refractivity contribution in [3.63, 3.8) is 0 Å². The van der Waals surface area contributed by atoms with Gasteiger partial charge >= 0.3 is 0 Å². The Morgan fingerprint density at radius 1 is 1.56 bits per heavy atom. The lowest BCUT2D eigenvalue weighted by Gasteiger charge is -2.15. The molecule has 0 aliphatic heterocycles. The molecule has 88 valence electrons. The minimum Gasteiger partial charge on any atom is -0.480 e. The summed E-state index contributed by atoms with van der Waals surface area (Å²) in [6, 6.07) is 5.76. The fourth-order valence-corrected chi connectivity index (χ4v) is 1.85. The largest absolute Gasteiger partial charge is 0.480 e. The van der Waals surface area contributed by atoms with E-state index in [0.717, 1.165) is 10.0 Å². The molecule has 0 aliphatic rings. The first-order valence-electron chi connectivity index (χ1n) is 5.25. The molecule has 1 atom stereocenters. The van der Waals surface area contributed by atoms with E-state index in [2.05, 4.69) is 21.2 Å². The number of halogens is 1. The SMILES string of the molecule is CCNC(=O)[C@H](C)Oc1ccc(C)cc1Br. The maximum absolute atomic E-state index is 11.5. The fraction of sp³-hybridized carbons (Fsp3) is 0.417. The van der Waals surface area contributed by atoms with Gasteiger partial charge in [-0.3, -0.25) is 4.79 Å². The molecule has 0 unspecified atom stereocenters. The van der Waals surface area contributed by atoms with E-state index in [-0.39, 0.29) is 5.91 Å². The molecule has 0 aliphatic carbocycles. The van der Waals surface area contributed by atoms with E-state index >= 15 is 0 Å². The zero-order valence-electron chi connectivity index (χ0n) is 9.71. The Kier molecular flexibility index (Phi) is 4.80. The Morgan fingerprint density at radius 3 is 2.81 bits per heavy atom. The number of amides is 1. The number of likely N-dealkylation sites (N-methyl/N-ethyl adjacent to an activating group) is 1. The van der Waals surface area contributed by atoms with Crippen LogP contribution in [0.2, 0.25) is 0 Å². The van der Waals surface area contributed by atoms with Gasteiger partial charge in [-0.15, -0.1) is 0 Å². The Hall–Kier alpha value is -1.03. The van der Waals surface area contributed by atoms with E-state index in [1.807, 2.05) is 32.0 Å². The molecule has 4 heteroatoms. The standard InChI is InChI=1S/C12H16BrNO2/c1-4-14-12(15)9(3)16-11-6-5-8(2)7-10(11)13/h5-7,9H,4H2,1-3H3,(H,14,15)/t9-/m0/s1. The summed E-state index contributed by atoms with van der Waals surface area (Å²) in [6.07, 6.45) is -0.487. The van der Waals surface area contributed by atoms with Gasteiger partial charge in [-0.2, -0.15) is 0 Å². The molecule has 0 saturated carbocycles. The van der Waals surface area contributed by atoms with Crippen molar-refractivity contribution < 1.29 is 9.53 Å². The number of carbonyl (C=O) groups excluding carboxylic acids is 1. The molecular formula is C12H16BrNO2.